The molecule has 208 valence electrons. The van der Waals surface area contributed by atoms with Gasteiger partial charge in [0.2, 0.25) is 11.8 Å². The summed E-state index contributed by atoms with van der Waals surface area (Å²) in [5.74, 6) is 1.27. The van der Waals surface area contributed by atoms with Crippen molar-refractivity contribution in [2.24, 2.45) is 5.92 Å². The zero-order valence-corrected chi connectivity index (χ0v) is 22.8. The Balaban J connectivity index is 1.44. The molecule has 1 saturated carbocycles. The van der Waals surface area contributed by atoms with Crippen molar-refractivity contribution in [3.63, 3.8) is 0 Å². The van der Waals surface area contributed by atoms with Gasteiger partial charge in [0.15, 0.2) is 0 Å². The minimum atomic E-state index is -0.558. The van der Waals surface area contributed by atoms with Gasteiger partial charge in [-0.05, 0) is 74.2 Å². The SMILES string of the molecule is COc1ccc(C(=O)N(Cc2cccc(OC)c2)C2CC(C(=O)N3CCCNCC3)N(C(=O)C3CC3)C2)cc1. The molecule has 39 heavy (non-hydrogen) atoms. The number of benzene rings is 2. The van der Waals surface area contributed by atoms with Crippen LogP contribution in [0.2, 0.25) is 0 Å². The number of nitrogens with one attached hydrogen (secondary N) is 1. The van der Waals surface area contributed by atoms with E-state index in [4.69, 9.17) is 9.47 Å². The van der Waals surface area contributed by atoms with Crippen molar-refractivity contribution in [3.8, 4) is 11.5 Å². The Hall–Kier alpha value is -3.59. The Morgan fingerprint density at radius 2 is 1.72 bits per heavy atom. The molecule has 3 amide bonds. The Morgan fingerprint density at radius 3 is 2.44 bits per heavy atom. The summed E-state index contributed by atoms with van der Waals surface area (Å²) < 4.78 is 10.7. The van der Waals surface area contributed by atoms with Crippen LogP contribution in [-0.2, 0) is 16.1 Å². The van der Waals surface area contributed by atoms with Gasteiger partial charge in [0.05, 0.1) is 20.3 Å². The third kappa shape index (κ3) is 6.19. The molecule has 3 fully saturated rings. The molecule has 0 radical (unpaired) electrons. The highest BCUT2D eigenvalue weighted by atomic mass is 16.5. The third-order valence-corrected chi connectivity index (χ3v) is 7.95. The second-order valence-electron chi connectivity index (χ2n) is 10.6. The third-order valence-electron chi connectivity index (χ3n) is 7.95. The van der Waals surface area contributed by atoms with E-state index in [2.05, 4.69) is 5.32 Å². The number of carbonyl (C=O) groups is 3. The van der Waals surface area contributed by atoms with Crippen LogP contribution < -0.4 is 14.8 Å². The molecule has 2 aromatic carbocycles. The first-order valence-corrected chi connectivity index (χ1v) is 13.9. The highest BCUT2D eigenvalue weighted by Gasteiger charge is 2.47. The molecule has 0 bridgehead atoms. The van der Waals surface area contributed by atoms with Crippen LogP contribution in [0.5, 0.6) is 11.5 Å². The van der Waals surface area contributed by atoms with Crippen molar-refractivity contribution in [1.82, 2.24) is 20.0 Å². The van der Waals surface area contributed by atoms with Crippen LogP contribution in [0.15, 0.2) is 48.5 Å². The number of carbonyl (C=O) groups excluding carboxylic acids is 3. The lowest BCUT2D eigenvalue weighted by molar-refractivity contribution is -0.144. The van der Waals surface area contributed by atoms with Gasteiger partial charge in [-0.2, -0.15) is 0 Å². The Labute approximate surface area is 230 Å². The number of nitrogens with zero attached hydrogens (tertiary/aromatic N) is 3. The highest BCUT2D eigenvalue weighted by molar-refractivity contribution is 5.95. The monoisotopic (exact) mass is 534 g/mol. The molecule has 2 atom stereocenters. The van der Waals surface area contributed by atoms with E-state index in [0.29, 0.717) is 49.7 Å². The molecule has 2 saturated heterocycles. The fourth-order valence-corrected chi connectivity index (χ4v) is 5.59. The quantitative estimate of drug-likeness (QED) is 0.560. The first-order valence-electron chi connectivity index (χ1n) is 13.9. The first-order chi connectivity index (χ1) is 19.0. The van der Waals surface area contributed by atoms with Crippen molar-refractivity contribution in [1.29, 1.82) is 0 Å². The van der Waals surface area contributed by atoms with Gasteiger partial charge in [0.25, 0.3) is 5.91 Å². The maximum Gasteiger partial charge on any atom is 0.254 e. The van der Waals surface area contributed by atoms with E-state index < -0.39 is 6.04 Å². The van der Waals surface area contributed by atoms with Gasteiger partial charge in [-0.3, -0.25) is 14.4 Å². The molecular formula is C30H38N4O5. The average Bonchev–Trinajstić information content (AvgIpc) is 3.78. The van der Waals surface area contributed by atoms with Crippen molar-refractivity contribution in [3.05, 3.63) is 59.7 Å². The number of ether oxygens (including phenoxy) is 2. The Bertz CT molecular complexity index is 1170. The zero-order valence-electron chi connectivity index (χ0n) is 22.8. The number of methoxy groups -OCH3 is 2. The van der Waals surface area contributed by atoms with Crippen LogP contribution in [0.4, 0.5) is 0 Å². The van der Waals surface area contributed by atoms with Gasteiger partial charge in [-0.25, -0.2) is 0 Å². The van der Waals surface area contributed by atoms with Crippen molar-refractivity contribution < 1.29 is 23.9 Å². The van der Waals surface area contributed by atoms with Crippen LogP contribution in [0.1, 0.15) is 41.6 Å². The molecule has 2 aliphatic heterocycles. The standard InChI is InChI=1S/C30H38N4O5/c1-38-25-11-9-23(10-12-25)28(35)33(19-21-5-3-6-26(17-21)39-2)24-18-27(34(20-24)29(36)22-7-8-22)30(37)32-15-4-13-31-14-16-32/h3,5-6,9-12,17,22,24,27,31H,4,7-8,13-16,18-20H2,1-2H3. The first kappa shape index (κ1) is 27.0. The smallest absolute Gasteiger partial charge is 0.254 e. The summed E-state index contributed by atoms with van der Waals surface area (Å²) in [6.45, 7) is 3.62. The maximum atomic E-state index is 14.0. The number of rotatable bonds is 8. The summed E-state index contributed by atoms with van der Waals surface area (Å²) in [5.41, 5.74) is 1.46. The number of hydrogen-bond acceptors (Lipinski definition) is 6. The zero-order chi connectivity index (χ0) is 27.4. The van der Waals surface area contributed by atoms with E-state index in [9.17, 15) is 14.4 Å². The second kappa shape index (κ2) is 12.1. The lowest BCUT2D eigenvalue weighted by atomic mass is 10.1. The van der Waals surface area contributed by atoms with Crippen molar-refractivity contribution in [2.75, 3.05) is 46.9 Å². The van der Waals surface area contributed by atoms with Crippen LogP contribution in [-0.4, -0.2) is 91.4 Å². The molecule has 3 aliphatic rings. The molecule has 1 N–H and O–H groups in total. The predicted octanol–water partition coefficient (Wildman–Crippen LogP) is 2.55. The molecular weight excluding hydrogens is 496 g/mol. The van der Waals surface area contributed by atoms with Crippen molar-refractivity contribution >= 4 is 17.7 Å². The van der Waals surface area contributed by atoms with E-state index >= 15 is 0 Å². The molecule has 2 unspecified atom stereocenters. The summed E-state index contributed by atoms with van der Waals surface area (Å²) in [6, 6.07) is 13.9. The highest BCUT2D eigenvalue weighted by Crippen LogP contribution is 2.36. The Kier molecular flexibility index (Phi) is 8.35. The second-order valence-corrected chi connectivity index (χ2v) is 10.6. The number of amides is 3. The van der Waals surface area contributed by atoms with Gasteiger partial charge < -0.3 is 29.5 Å². The molecule has 9 heteroatoms. The average molecular weight is 535 g/mol. The van der Waals surface area contributed by atoms with Gasteiger partial charge in [-0.15, -0.1) is 0 Å². The summed E-state index contributed by atoms with van der Waals surface area (Å²) >= 11 is 0. The minimum Gasteiger partial charge on any atom is -0.497 e. The largest absolute Gasteiger partial charge is 0.497 e. The van der Waals surface area contributed by atoms with E-state index in [-0.39, 0.29) is 29.7 Å². The molecule has 1 aliphatic carbocycles. The van der Waals surface area contributed by atoms with Crippen LogP contribution in [0.3, 0.4) is 0 Å². The van der Waals surface area contributed by atoms with Gasteiger partial charge >= 0.3 is 0 Å². The van der Waals surface area contributed by atoms with E-state index in [1.807, 2.05) is 34.1 Å². The summed E-state index contributed by atoms with van der Waals surface area (Å²) in [6.07, 6.45) is 3.04. The van der Waals surface area contributed by atoms with Gasteiger partial charge in [-0.1, -0.05) is 12.1 Å². The minimum absolute atomic E-state index is 0.00558. The lowest BCUT2D eigenvalue weighted by Gasteiger charge is -2.30. The predicted molar refractivity (Wildman–Crippen MR) is 147 cm³/mol. The fourth-order valence-electron chi connectivity index (χ4n) is 5.59. The van der Waals surface area contributed by atoms with Gasteiger partial charge in [0.1, 0.15) is 17.5 Å². The van der Waals surface area contributed by atoms with Crippen LogP contribution in [0.25, 0.3) is 0 Å². The lowest BCUT2D eigenvalue weighted by Crippen LogP contribution is -2.49. The van der Waals surface area contributed by atoms with Gasteiger partial charge in [0, 0.05) is 44.2 Å². The van der Waals surface area contributed by atoms with Crippen molar-refractivity contribution in [2.45, 2.75) is 44.3 Å². The van der Waals surface area contributed by atoms with E-state index in [0.717, 1.165) is 37.9 Å². The fraction of sp³-hybridized carbons (Fsp3) is 0.500. The van der Waals surface area contributed by atoms with Crippen LogP contribution >= 0.6 is 0 Å². The number of hydrogen-bond donors (Lipinski definition) is 1. The summed E-state index contributed by atoms with van der Waals surface area (Å²) in [4.78, 5) is 46.7. The molecule has 5 rings (SSSR count). The molecule has 2 heterocycles. The normalized spacial score (nSPS) is 21.3. The topological polar surface area (TPSA) is 91.4 Å². The summed E-state index contributed by atoms with van der Waals surface area (Å²) in [5, 5.41) is 3.34. The Morgan fingerprint density at radius 1 is 0.949 bits per heavy atom. The van der Waals surface area contributed by atoms with E-state index in [1.165, 1.54) is 0 Å². The molecule has 2 aromatic rings. The summed E-state index contributed by atoms with van der Waals surface area (Å²) in [7, 11) is 3.21. The molecule has 0 aromatic heterocycles. The number of likely N-dealkylation sites (tertiary alicyclic amines) is 1. The molecule has 0 spiro atoms. The molecule has 9 nitrogen and oxygen atoms in total. The van der Waals surface area contributed by atoms with E-state index in [1.54, 1.807) is 43.4 Å². The maximum absolute atomic E-state index is 14.0. The van der Waals surface area contributed by atoms with Crippen LogP contribution in [0, 0.1) is 5.92 Å².